The molecule has 0 fully saturated rings. The van der Waals surface area contributed by atoms with Crippen LogP contribution < -0.4 is 20.3 Å². The number of rotatable bonds is 8. The van der Waals surface area contributed by atoms with Crippen LogP contribution in [0.3, 0.4) is 0 Å². The number of hydrazine groups is 1. The zero-order chi connectivity index (χ0) is 21.3. The zero-order valence-electron chi connectivity index (χ0n) is 16.9. The second kappa shape index (κ2) is 10.2. The number of hydrogen-bond acceptors (Lipinski definition) is 5. The van der Waals surface area contributed by atoms with Crippen molar-refractivity contribution in [1.82, 2.24) is 10.9 Å². The number of amides is 2. The van der Waals surface area contributed by atoms with Crippen LogP contribution in [0, 0.1) is 5.92 Å². The van der Waals surface area contributed by atoms with Crippen molar-refractivity contribution in [1.29, 1.82) is 0 Å². The smallest absolute Gasteiger partial charge is 0.305 e. The monoisotopic (exact) mass is 408 g/mol. The minimum Gasteiger partial charge on any atom is -0.493 e. The first-order chi connectivity index (χ1) is 14.5. The first-order valence-corrected chi connectivity index (χ1v) is 9.61. The van der Waals surface area contributed by atoms with Crippen molar-refractivity contribution in [2.24, 2.45) is 5.92 Å². The maximum absolute atomic E-state index is 12.3. The molecule has 3 rings (SSSR count). The highest BCUT2D eigenvalue weighted by Crippen LogP contribution is 2.15. The molecular formula is C23H24N2O5. The van der Waals surface area contributed by atoms with Gasteiger partial charge in [0.05, 0.1) is 6.61 Å². The van der Waals surface area contributed by atoms with E-state index in [1.54, 1.807) is 30.3 Å². The maximum Gasteiger partial charge on any atom is 0.305 e. The van der Waals surface area contributed by atoms with Crippen LogP contribution in [0.1, 0.15) is 40.5 Å². The molecule has 0 saturated heterocycles. The lowest BCUT2D eigenvalue weighted by Crippen LogP contribution is -2.41. The van der Waals surface area contributed by atoms with Crippen molar-refractivity contribution in [2.75, 3.05) is 6.61 Å². The fourth-order valence-corrected chi connectivity index (χ4v) is 2.49. The predicted octanol–water partition coefficient (Wildman–Crippen LogP) is 3.97. The maximum atomic E-state index is 12.3. The number of nitrogens with one attached hydrogen (secondary N) is 2. The van der Waals surface area contributed by atoms with Gasteiger partial charge in [-0.3, -0.25) is 20.4 Å². The molecule has 0 atom stereocenters. The molecule has 30 heavy (non-hydrogen) atoms. The summed E-state index contributed by atoms with van der Waals surface area (Å²) in [6, 6.07) is 19.2. The average molecular weight is 408 g/mol. The lowest BCUT2D eigenvalue weighted by Gasteiger charge is -2.10. The number of furan rings is 1. The van der Waals surface area contributed by atoms with Crippen molar-refractivity contribution >= 4 is 11.8 Å². The molecule has 2 amide bonds. The molecule has 1 heterocycles. The molecule has 3 aromatic rings. The van der Waals surface area contributed by atoms with Crippen molar-refractivity contribution in [3.63, 3.8) is 0 Å². The average Bonchev–Trinajstić information content (AvgIpc) is 3.24. The molecule has 2 N–H and O–H groups in total. The number of hydrogen-bond donors (Lipinski definition) is 2. The molecule has 0 unspecified atom stereocenters. The van der Waals surface area contributed by atoms with Crippen molar-refractivity contribution in [3.05, 3.63) is 83.8 Å². The highest BCUT2D eigenvalue weighted by atomic mass is 16.5. The third kappa shape index (κ3) is 6.13. The van der Waals surface area contributed by atoms with E-state index in [0.29, 0.717) is 35.3 Å². The molecule has 2 aromatic carbocycles. The molecule has 156 valence electrons. The van der Waals surface area contributed by atoms with Crippen LogP contribution in [0.5, 0.6) is 11.5 Å². The van der Waals surface area contributed by atoms with Crippen molar-refractivity contribution in [2.45, 2.75) is 20.5 Å². The summed E-state index contributed by atoms with van der Waals surface area (Å²) in [6.45, 7) is 4.82. The van der Waals surface area contributed by atoms with Crippen molar-refractivity contribution in [3.8, 4) is 11.5 Å². The molecule has 0 aliphatic carbocycles. The van der Waals surface area contributed by atoms with Crippen LogP contribution in [-0.4, -0.2) is 18.4 Å². The molecule has 0 spiro atoms. The van der Waals surface area contributed by atoms with E-state index in [-0.39, 0.29) is 12.4 Å². The van der Waals surface area contributed by atoms with Crippen molar-refractivity contribution < 1.29 is 23.5 Å². The summed E-state index contributed by atoms with van der Waals surface area (Å²) in [5.41, 5.74) is 5.08. The van der Waals surface area contributed by atoms with Gasteiger partial charge in [-0.2, -0.15) is 0 Å². The molecular weight excluding hydrogens is 384 g/mol. The van der Waals surface area contributed by atoms with Gasteiger partial charge in [0.1, 0.15) is 23.9 Å². The minimum atomic E-state index is -0.568. The SMILES string of the molecule is CC(C)COc1cccc(C(=O)NNC(=O)c2ccc(COc3ccccc3)o2)c1. The van der Waals surface area contributed by atoms with Gasteiger partial charge in [0.15, 0.2) is 5.76 Å². The second-order valence-electron chi connectivity index (χ2n) is 7.01. The van der Waals surface area contributed by atoms with Crippen LogP contribution in [0.15, 0.2) is 71.1 Å². The zero-order valence-corrected chi connectivity index (χ0v) is 16.9. The number of carbonyl (C=O) groups excluding carboxylic acids is 2. The summed E-state index contributed by atoms with van der Waals surface area (Å²) in [7, 11) is 0. The van der Waals surface area contributed by atoms with Gasteiger partial charge in [0.2, 0.25) is 0 Å². The molecule has 0 aliphatic heterocycles. The van der Waals surface area contributed by atoms with Gasteiger partial charge in [-0.15, -0.1) is 0 Å². The fourth-order valence-electron chi connectivity index (χ4n) is 2.49. The predicted molar refractivity (Wildman–Crippen MR) is 111 cm³/mol. The summed E-state index contributed by atoms with van der Waals surface area (Å²) in [5.74, 6) is 1.20. The molecule has 7 heteroatoms. The number of ether oxygens (including phenoxy) is 2. The molecule has 0 saturated carbocycles. The first-order valence-electron chi connectivity index (χ1n) is 9.61. The molecule has 0 radical (unpaired) electrons. The van der Waals surface area contributed by atoms with Crippen LogP contribution in [0.25, 0.3) is 0 Å². The standard InChI is InChI=1S/C23H24N2O5/c1-16(2)14-28-19-10-6-7-17(13-19)22(26)24-25-23(27)21-12-11-20(30-21)15-29-18-8-4-3-5-9-18/h3-13,16H,14-15H2,1-2H3,(H,24,26)(H,25,27). The van der Waals surface area contributed by atoms with Crippen LogP contribution in [-0.2, 0) is 6.61 Å². The van der Waals surface area contributed by atoms with Gasteiger partial charge in [-0.1, -0.05) is 38.1 Å². The van der Waals surface area contributed by atoms with E-state index < -0.39 is 11.8 Å². The Morgan fingerprint density at radius 3 is 2.37 bits per heavy atom. The van der Waals surface area contributed by atoms with Gasteiger partial charge in [-0.25, -0.2) is 0 Å². The number of benzene rings is 2. The topological polar surface area (TPSA) is 89.8 Å². The highest BCUT2D eigenvalue weighted by Gasteiger charge is 2.14. The molecule has 7 nitrogen and oxygen atoms in total. The van der Waals surface area contributed by atoms with Crippen LogP contribution in [0.2, 0.25) is 0 Å². The van der Waals surface area contributed by atoms with Gasteiger partial charge in [0.25, 0.3) is 5.91 Å². The largest absolute Gasteiger partial charge is 0.493 e. The third-order valence-electron chi connectivity index (χ3n) is 3.98. The van der Waals surface area contributed by atoms with E-state index in [0.717, 1.165) is 0 Å². The molecule has 1 aromatic heterocycles. The molecule has 0 bridgehead atoms. The summed E-state index contributed by atoms with van der Waals surface area (Å²) >= 11 is 0. The first kappa shape index (κ1) is 21.0. The summed E-state index contributed by atoms with van der Waals surface area (Å²) < 4.78 is 16.7. The Bertz CT molecular complexity index is 982. The Morgan fingerprint density at radius 1 is 0.867 bits per heavy atom. The van der Waals surface area contributed by atoms with E-state index >= 15 is 0 Å². The van der Waals surface area contributed by atoms with Gasteiger partial charge in [0, 0.05) is 5.56 Å². The van der Waals surface area contributed by atoms with Gasteiger partial charge >= 0.3 is 5.91 Å². The van der Waals surface area contributed by atoms with E-state index in [9.17, 15) is 9.59 Å². The Balaban J connectivity index is 1.50. The van der Waals surface area contributed by atoms with E-state index in [2.05, 4.69) is 10.9 Å². The van der Waals surface area contributed by atoms with E-state index in [4.69, 9.17) is 13.9 Å². The second-order valence-corrected chi connectivity index (χ2v) is 7.01. The summed E-state index contributed by atoms with van der Waals surface area (Å²) in [4.78, 5) is 24.5. The highest BCUT2D eigenvalue weighted by molar-refractivity contribution is 5.98. The quantitative estimate of drug-likeness (QED) is 0.551. The number of para-hydroxylation sites is 1. The summed E-state index contributed by atoms with van der Waals surface area (Å²) in [6.07, 6.45) is 0. The lowest BCUT2D eigenvalue weighted by molar-refractivity contribution is 0.0828. The van der Waals surface area contributed by atoms with Gasteiger partial charge in [-0.05, 0) is 48.4 Å². The van der Waals surface area contributed by atoms with Gasteiger partial charge < -0.3 is 13.9 Å². The fraction of sp³-hybridized carbons (Fsp3) is 0.217. The summed E-state index contributed by atoms with van der Waals surface area (Å²) in [5, 5.41) is 0. The Labute approximate surface area is 175 Å². The Kier molecular flexibility index (Phi) is 7.10. The van der Waals surface area contributed by atoms with Crippen LogP contribution in [0.4, 0.5) is 0 Å². The lowest BCUT2D eigenvalue weighted by atomic mass is 10.2. The third-order valence-corrected chi connectivity index (χ3v) is 3.98. The number of carbonyl (C=O) groups is 2. The van der Waals surface area contributed by atoms with E-state index in [1.165, 1.54) is 6.07 Å². The minimum absolute atomic E-state index is 0.0657. The van der Waals surface area contributed by atoms with E-state index in [1.807, 2.05) is 44.2 Å². The normalized spacial score (nSPS) is 10.5. The Hall–Kier alpha value is -3.74. The van der Waals surface area contributed by atoms with Crippen LogP contribution >= 0.6 is 0 Å². The Morgan fingerprint density at radius 2 is 1.60 bits per heavy atom. The molecule has 0 aliphatic rings.